The van der Waals surface area contributed by atoms with Crippen molar-refractivity contribution in [3.63, 3.8) is 0 Å². The zero-order chi connectivity index (χ0) is 9.52. The topological polar surface area (TPSA) is 45.4 Å². The molecule has 1 aromatic rings. The molecule has 0 unspecified atom stereocenters. The van der Waals surface area contributed by atoms with Gasteiger partial charge in [-0.1, -0.05) is 6.08 Å². The normalized spacial score (nSPS) is 13.7. The summed E-state index contributed by atoms with van der Waals surface area (Å²) >= 11 is 0. The van der Waals surface area contributed by atoms with E-state index in [1.165, 1.54) is 0 Å². The van der Waals surface area contributed by atoms with Gasteiger partial charge in [0.2, 0.25) is 0 Å². The van der Waals surface area contributed by atoms with Crippen LogP contribution in [0.1, 0.15) is 12.7 Å². The standard InChI is InChI=1S/C10H15NO2/c1-9(8-12)11-6-2-4-10-5-3-7-13-10/h2-5,7,9,11-12H,6,8H2,1H3/b4-2+/t9-/m0/s1. The summed E-state index contributed by atoms with van der Waals surface area (Å²) in [6.07, 6.45) is 5.51. The summed E-state index contributed by atoms with van der Waals surface area (Å²) in [7, 11) is 0. The van der Waals surface area contributed by atoms with Gasteiger partial charge in [0.05, 0.1) is 12.9 Å². The van der Waals surface area contributed by atoms with Crippen LogP contribution in [0.15, 0.2) is 28.9 Å². The summed E-state index contributed by atoms with van der Waals surface area (Å²) in [5.74, 6) is 0.846. The minimum absolute atomic E-state index is 0.140. The van der Waals surface area contributed by atoms with E-state index in [1.807, 2.05) is 31.2 Å². The van der Waals surface area contributed by atoms with Gasteiger partial charge in [0, 0.05) is 12.6 Å². The lowest BCUT2D eigenvalue weighted by molar-refractivity contribution is 0.255. The molecule has 1 atom stereocenters. The molecule has 72 valence electrons. The van der Waals surface area contributed by atoms with Crippen molar-refractivity contribution in [1.82, 2.24) is 5.32 Å². The Balaban J connectivity index is 2.19. The Morgan fingerprint density at radius 2 is 2.54 bits per heavy atom. The van der Waals surface area contributed by atoms with E-state index in [2.05, 4.69) is 5.32 Å². The van der Waals surface area contributed by atoms with E-state index in [1.54, 1.807) is 6.26 Å². The fraction of sp³-hybridized carbons (Fsp3) is 0.400. The molecule has 0 saturated heterocycles. The predicted molar refractivity (Wildman–Crippen MR) is 52.3 cm³/mol. The van der Waals surface area contributed by atoms with Crippen LogP contribution in [-0.2, 0) is 0 Å². The van der Waals surface area contributed by atoms with Gasteiger partial charge in [0.1, 0.15) is 5.76 Å². The summed E-state index contributed by atoms with van der Waals surface area (Å²) in [6.45, 7) is 2.83. The Labute approximate surface area is 78.1 Å². The number of furan rings is 1. The lowest BCUT2D eigenvalue weighted by atomic mass is 10.3. The largest absolute Gasteiger partial charge is 0.465 e. The molecule has 0 saturated carbocycles. The van der Waals surface area contributed by atoms with Crippen LogP contribution in [0.2, 0.25) is 0 Å². The molecule has 1 heterocycles. The molecule has 0 aliphatic heterocycles. The highest BCUT2D eigenvalue weighted by Gasteiger charge is 1.94. The third-order valence-corrected chi connectivity index (χ3v) is 1.68. The fourth-order valence-electron chi connectivity index (χ4n) is 0.895. The zero-order valence-electron chi connectivity index (χ0n) is 7.73. The molecule has 3 nitrogen and oxygen atoms in total. The summed E-state index contributed by atoms with van der Waals surface area (Å²) in [5.41, 5.74) is 0. The molecule has 0 aromatic carbocycles. The van der Waals surface area contributed by atoms with Gasteiger partial charge in [-0.3, -0.25) is 0 Å². The van der Waals surface area contributed by atoms with Crippen molar-refractivity contribution in [2.45, 2.75) is 13.0 Å². The van der Waals surface area contributed by atoms with Gasteiger partial charge in [0.25, 0.3) is 0 Å². The van der Waals surface area contributed by atoms with Crippen LogP contribution in [0.4, 0.5) is 0 Å². The maximum absolute atomic E-state index is 8.71. The first kappa shape index (κ1) is 10.0. The van der Waals surface area contributed by atoms with Crippen LogP contribution in [0.5, 0.6) is 0 Å². The quantitative estimate of drug-likeness (QED) is 0.719. The number of rotatable bonds is 5. The zero-order valence-corrected chi connectivity index (χ0v) is 7.73. The van der Waals surface area contributed by atoms with Gasteiger partial charge in [-0.05, 0) is 25.1 Å². The van der Waals surface area contributed by atoms with Crippen LogP contribution in [0.25, 0.3) is 6.08 Å². The van der Waals surface area contributed by atoms with Gasteiger partial charge in [-0.25, -0.2) is 0 Å². The molecular formula is C10H15NO2. The van der Waals surface area contributed by atoms with Crippen molar-refractivity contribution >= 4 is 6.08 Å². The van der Waals surface area contributed by atoms with Crippen molar-refractivity contribution < 1.29 is 9.52 Å². The van der Waals surface area contributed by atoms with Gasteiger partial charge in [-0.15, -0.1) is 0 Å². The van der Waals surface area contributed by atoms with Crippen LogP contribution in [0, 0.1) is 0 Å². The van der Waals surface area contributed by atoms with Gasteiger partial charge < -0.3 is 14.8 Å². The lowest BCUT2D eigenvalue weighted by Crippen LogP contribution is -2.29. The van der Waals surface area contributed by atoms with Crippen LogP contribution in [-0.4, -0.2) is 24.3 Å². The van der Waals surface area contributed by atoms with E-state index in [0.717, 1.165) is 12.3 Å². The number of aliphatic hydroxyl groups excluding tert-OH is 1. The maximum atomic E-state index is 8.71. The van der Waals surface area contributed by atoms with Crippen molar-refractivity contribution in [2.24, 2.45) is 0 Å². The lowest BCUT2D eigenvalue weighted by Gasteiger charge is -2.06. The number of hydrogen-bond acceptors (Lipinski definition) is 3. The molecule has 0 radical (unpaired) electrons. The molecule has 0 amide bonds. The molecule has 0 aliphatic rings. The number of nitrogens with one attached hydrogen (secondary N) is 1. The smallest absolute Gasteiger partial charge is 0.126 e. The Morgan fingerprint density at radius 1 is 1.69 bits per heavy atom. The van der Waals surface area contributed by atoms with Crippen LogP contribution in [0.3, 0.4) is 0 Å². The van der Waals surface area contributed by atoms with Crippen molar-refractivity contribution in [1.29, 1.82) is 0 Å². The molecule has 0 aliphatic carbocycles. The average molecular weight is 181 g/mol. The van der Waals surface area contributed by atoms with E-state index in [-0.39, 0.29) is 12.6 Å². The van der Waals surface area contributed by atoms with E-state index in [0.29, 0.717) is 0 Å². The highest BCUT2D eigenvalue weighted by molar-refractivity contribution is 5.42. The molecule has 3 heteroatoms. The van der Waals surface area contributed by atoms with Crippen LogP contribution < -0.4 is 5.32 Å². The third-order valence-electron chi connectivity index (χ3n) is 1.68. The first-order valence-corrected chi connectivity index (χ1v) is 4.37. The van der Waals surface area contributed by atoms with E-state index >= 15 is 0 Å². The molecular weight excluding hydrogens is 166 g/mol. The Morgan fingerprint density at radius 3 is 3.15 bits per heavy atom. The molecule has 1 rings (SSSR count). The highest BCUT2D eigenvalue weighted by Crippen LogP contribution is 2.01. The molecule has 0 fully saturated rings. The van der Waals surface area contributed by atoms with Crippen molar-refractivity contribution in [2.75, 3.05) is 13.2 Å². The van der Waals surface area contributed by atoms with Crippen LogP contribution >= 0.6 is 0 Å². The molecule has 0 bridgehead atoms. The third kappa shape index (κ3) is 3.92. The number of hydrogen-bond donors (Lipinski definition) is 2. The molecule has 0 spiro atoms. The van der Waals surface area contributed by atoms with Gasteiger partial charge in [0.15, 0.2) is 0 Å². The summed E-state index contributed by atoms with van der Waals surface area (Å²) < 4.78 is 5.10. The summed E-state index contributed by atoms with van der Waals surface area (Å²) in [6, 6.07) is 3.89. The second-order valence-electron chi connectivity index (χ2n) is 2.91. The first-order chi connectivity index (χ1) is 6.33. The molecule has 2 N–H and O–H groups in total. The SMILES string of the molecule is C[C@@H](CO)NC/C=C/c1ccco1. The van der Waals surface area contributed by atoms with Crippen molar-refractivity contribution in [3.05, 3.63) is 30.2 Å². The van der Waals surface area contributed by atoms with E-state index in [4.69, 9.17) is 9.52 Å². The minimum Gasteiger partial charge on any atom is -0.465 e. The van der Waals surface area contributed by atoms with E-state index in [9.17, 15) is 0 Å². The number of aliphatic hydroxyl groups is 1. The predicted octanol–water partition coefficient (Wildman–Crippen LogP) is 1.26. The van der Waals surface area contributed by atoms with Gasteiger partial charge >= 0.3 is 0 Å². The monoisotopic (exact) mass is 181 g/mol. The summed E-state index contributed by atoms with van der Waals surface area (Å²) in [5, 5.41) is 11.8. The first-order valence-electron chi connectivity index (χ1n) is 4.37. The summed E-state index contributed by atoms with van der Waals surface area (Å²) in [4.78, 5) is 0. The second-order valence-corrected chi connectivity index (χ2v) is 2.91. The Kier molecular flexibility index (Phi) is 4.29. The van der Waals surface area contributed by atoms with Crippen molar-refractivity contribution in [3.8, 4) is 0 Å². The molecule has 13 heavy (non-hydrogen) atoms. The second kappa shape index (κ2) is 5.56. The Hall–Kier alpha value is -1.06. The Bertz CT molecular complexity index is 241. The minimum atomic E-state index is 0.140. The maximum Gasteiger partial charge on any atom is 0.126 e. The fourth-order valence-corrected chi connectivity index (χ4v) is 0.895. The average Bonchev–Trinajstić information content (AvgIpc) is 2.64. The van der Waals surface area contributed by atoms with Gasteiger partial charge in [-0.2, -0.15) is 0 Å². The van der Waals surface area contributed by atoms with E-state index < -0.39 is 0 Å². The highest BCUT2D eigenvalue weighted by atomic mass is 16.3. The molecule has 1 aromatic heterocycles.